The zero-order valence-corrected chi connectivity index (χ0v) is 12.9. The molecule has 0 saturated carbocycles. The van der Waals surface area contributed by atoms with E-state index in [1.54, 1.807) is 0 Å². The highest BCUT2D eigenvalue weighted by Gasteiger charge is 2.16. The van der Waals surface area contributed by atoms with E-state index >= 15 is 0 Å². The second-order valence-corrected chi connectivity index (χ2v) is 6.87. The van der Waals surface area contributed by atoms with Gasteiger partial charge in [0, 0.05) is 19.3 Å². The summed E-state index contributed by atoms with van der Waals surface area (Å²) in [5.41, 5.74) is 2.98. The first-order chi connectivity index (χ1) is 8.97. The van der Waals surface area contributed by atoms with Gasteiger partial charge in [0.1, 0.15) is 0 Å². The summed E-state index contributed by atoms with van der Waals surface area (Å²) in [7, 11) is 2.20. The molecule has 1 aromatic carbocycles. The van der Waals surface area contributed by atoms with Crippen molar-refractivity contribution in [3.05, 3.63) is 29.8 Å². The van der Waals surface area contributed by atoms with E-state index in [0.717, 1.165) is 12.5 Å². The van der Waals surface area contributed by atoms with Crippen LogP contribution in [0.3, 0.4) is 0 Å². The van der Waals surface area contributed by atoms with Gasteiger partial charge in [0.25, 0.3) is 0 Å². The predicted molar refractivity (Wildman–Crippen MR) is 84.0 cm³/mol. The third kappa shape index (κ3) is 3.97. The van der Waals surface area contributed by atoms with Gasteiger partial charge >= 0.3 is 0 Å². The highest BCUT2D eigenvalue weighted by molar-refractivity contribution is 5.47. The number of nitrogens with zero attached hydrogens (tertiary/aromatic N) is 1. The summed E-state index contributed by atoms with van der Waals surface area (Å²) in [5, 5.41) is 3.44. The molecule has 2 rings (SSSR count). The number of hydrogen-bond acceptors (Lipinski definition) is 2. The molecular formula is C17H28N2. The molecular weight excluding hydrogens is 232 g/mol. The first-order valence-electron chi connectivity index (χ1n) is 7.49. The van der Waals surface area contributed by atoms with Crippen LogP contribution >= 0.6 is 0 Å². The van der Waals surface area contributed by atoms with Crippen LogP contribution in [0.4, 0.5) is 5.69 Å². The Morgan fingerprint density at radius 1 is 1.21 bits per heavy atom. The van der Waals surface area contributed by atoms with E-state index in [1.807, 2.05) is 0 Å². The minimum atomic E-state index is 0.243. The molecule has 1 saturated heterocycles. The quantitative estimate of drug-likeness (QED) is 0.892. The van der Waals surface area contributed by atoms with Crippen molar-refractivity contribution in [1.29, 1.82) is 0 Å². The van der Waals surface area contributed by atoms with Gasteiger partial charge < -0.3 is 10.2 Å². The Morgan fingerprint density at radius 2 is 1.89 bits per heavy atom. The van der Waals surface area contributed by atoms with Crippen LogP contribution in [0.15, 0.2) is 24.3 Å². The molecule has 1 atom stereocenters. The molecule has 0 bridgehead atoms. The average Bonchev–Trinajstić information content (AvgIpc) is 2.88. The molecule has 1 unspecified atom stereocenters. The maximum absolute atomic E-state index is 3.44. The molecule has 1 fully saturated rings. The molecule has 1 aliphatic rings. The lowest BCUT2D eigenvalue weighted by atomic mass is 9.87. The minimum absolute atomic E-state index is 0.243. The largest absolute Gasteiger partial charge is 0.375 e. The van der Waals surface area contributed by atoms with Gasteiger partial charge in [-0.3, -0.25) is 0 Å². The number of rotatable bonds is 4. The van der Waals surface area contributed by atoms with E-state index in [-0.39, 0.29) is 5.41 Å². The second-order valence-electron chi connectivity index (χ2n) is 6.87. The van der Waals surface area contributed by atoms with E-state index in [9.17, 15) is 0 Å². The van der Waals surface area contributed by atoms with Crippen LogP contribution in [0.1, 0.15) is 39.2 Å². The molecule has 1 aromatic rings. The molecule has 106 valence electrons. The fraction of sp³-hybridized carbons (Fsp3) is 0.647. The first-order valence-corrected chi connectivity index (χ1v) is 7.49. The summed E-state index contributed by atoms with van der Waals surface area (Å²) < 4.78 is 0. The Labute approximate surface area is 118 Å². The monoisotopic (exact) mass is 260 g/mol. The Hall–Kier alpha value is -1.02. The van der Waals surface area contributed by atoms with Gasteiger partial charge in [0.15, 0.2) is 0 Å². The molecule has 0 spiro atoms. The van der Waals surface area contributed by atoms with Gasteiger partial charge in [0.05, 0.1) is 0 Å². The molecule has 0 aliphatic carbocycles. The summed E-state index contributed by atoms with van der Waals surface area (Å²) in [6.07, 6.45) is 2.64. The Bertz CT molecular complexity index is 383. The molecule has 1 N–H and O–H groups in total. The van der Waals surface area contributed by atoms with E-state index in [2.05, 4.69) is 62.3 Å². The standard InChI is InChI=1S/C17H28N2/c1-17(2,3)15-5-7-16(8-6-15)19(4)12-10-14-9-11-18-13-14/h5-8,14,18H,9-13H2,1-4H3. The SMILES string of the molecule is CN(CCC1CCNC1)c1ccc(C(C)(C)C)cc1. The predicted octanol–water partition coefficient (Wildman–Crippen LogP) is 3.42. The topological polar surface area (TPSA) is 15.3 Å². The highest BCUT2D eigenvalue weighted by atomic mass is 15.1. The van der Waals surface area contributed by atoms with Crippen molar-refractivity contribution in [2.75, 3.05) is 31.6 Å². The van der Waals surface area contributed by atoms with Crippen molar-refractivity contribution in [1.82, 2.24) is 5.32 Å². The van der Waals surface area contributed by atoms with Gasteiger partial charge in [-0.2, -0.15) is 0 Å². The summed E-state index contributed by atoms with van der Waals surface area (Å²) in [6, 6.07) is 9.05. The van der Waals surface area contributed by atoms with Gasteiger partial charge in [-0.05, 0) is 55.0 Å². The second kappa shape index (κ2) is 5.96. The van der Waals surface area contributed by atoms with Gasteiger partial charge in [-0.1, -0.05) is 32.9 Å². The van der Waals surface area contributed by atoms with Crippen molar-refractivity contribution >= 4 is 5.69 Å². The summed E-state index contributed by atoms with van der Waals surface area (Å²) >= 11 is 0. The number of benzene rings is 1. The van der Waals surface area contributed by atoms with Crippen LogP contribution in [-0.2, 0) is 5.41 Å². The molecule has 2 nitrogen and oxygen atoms in total. The van der Waals surface area contributed by atoms with Crippen molar-refractivity contribution in [2.45, 2.75) is 39.0 Å². The third-order valence-electron chi connectivity index (χ3n) is 4.21. The van der Waals surface area contributed by atoms with Crippen LogP contribution in [0.5, 0.6) is 0 Å². The zero-order valence-electron chi connectivity index (χ0n) is 12.9. The van der Waals surface area contributed by atoms with Crippen molar-refractivity contribution in [3.8, 4) is 0 Å². The minimum Gasteiger partial charge on any atom is -0.375 e. The summed E-state index contributed by atoms with van der Waals surface area (Å²) in [5.74, 6) is 0.872. The average molecular weight is 260 g/mol. The molecule has 0 amide bonds. The van der Waals surface area contributed by atoms with E-state index in [1.165, 1.54) is 37.2 Å². The Morgan fingerprint density at radius 3 is 2.42 bits per heavy atom. The number of nitrogens with one attached hydrogen (secondary N) is 1. The van der Waals surface area contributed by atoms with Gasteiger partial charge in [0.2, 0.25) is 0 Å². The maximum Gasteiger partial charge on any atom is 0.0363 e. The fourth-order valence-corrected chi connectivity index (χ4v) is 2.68. The third-order valence-corrected chi connectivity index (χ3v) is 4.21. The molecule has 0 aromatic heterocycles. The lowest BCUT2D eigenvalue weighted by molar-refractivity contribution is 0.533. The fourth-order valence-electron chi connectivity index (χ4n) is 2.68. The van der Waals surface area contributed by atoms with Gasteiger partial charge in [-0.15, -0.1) is 0 Å². The first kappa shape index (κ1) is 14.4. The summed E-state index contributed by atoms with van der Waals surface area (Å²) in [4.78, 5) is 2.38. The highest BCUT2D eigenvalue weighted by Crippen LogP contribution is 2.25. The smallest absolute Gasteiger partial charge is 0.0363 e. The van der Waals surface area contributed by atoms with E-state index in [0.29, 0.717) is 0 Å². The van der Waals surface area contributed by atoms with Crippen LogP contribution in [-0.4, -0.2) is 26.7 Å². The molecule has 19 heavy (non-hydrogen) atoms. The Kier molecular flexibility index (Phi) is 4.51. The van der Waals surface area contributed by atoms with Gasteiger partial charge in [-0.25, -0.2) is 0 Å². The molecule has 1 heterocycles. The van der Waals surface area contributed by atoms with Crippen LogP contribution in [0.2, 0.25) is 0 Å². The van der Waals surface area contributed by atoms with Crippen LogP contribution in [0, 0.1) is 5.92 Å². The molecule has 1 aliphatic heterocycles. The summed E-state index contributed by atoms with van der Waals surface area (Å²) in [6.45, 7) is 10.4. The van der Waals surface area contributed by atoms with E-state index in [4.69, 9.17) is 0 Å². The van der Waals surface area contributed by atoms with E-state index < -0.39 is 0 Å². The maximum atomic E-state index is 3.44. The molecule has 2 heteroatoms. The van der Waals surface area contributed by atoms with Crippen LogP contribution in [0.25, 0.3) is 0 Å². The lowest BCUT2D eigenvalue weighted by Gasteiger charge is -2.23. The number of hydrogen-bond donors (Lipinski definition) is 1. The van der Waals surface area contributed by atoms with Crippen molar-refractivity contribution in [3.63, 3.8) is 0 Å². The van der Waals surface area contributed by atoms with Crippen molar-refractivity contribution < 1.29 is 0 Å². The zero-order chi connectivity index (χ0) is 13.9. The van der Waals surface area contributed by atoms with Crippen LogP contribution < -0.4 is 10.2 Å². The Balaban J connectivity index is 1.89. The van der Waals surface area contributed by atoms with Crippen molar-refractivity contribution in [2.24, 2.45) is 5.92 Å². The lowest BCUT2D eigenvalue weighted by Crippen LogP contribution is -2.22. The normalized spacial score (nSPS) is 19.7. The number of anilines is 1. The molecule has 0 radical (unpaired) electrons.